The number of hydrogen-bond acceptors (Lipinski definition) is 7. The van der Waals surface area contributed by atoms with Crippen molar-refractivity contribution in [2.24, 2.45) is 0 Å². The van der Waals surface area contributed by atoms with Gasteiger partial charge in [-0.25, -0.2) is 4.98 Å². The van der Waals surface area contributed by atoms with Gasteiger partial charge >= 0.3 is 0 Å². The molecule has 0 atom stereocenters. The van der Waals surface area contributed by atoms with Crippen molar-refractivity contribution in [3.05, 3.63) is 75.7 Å². The molecule has 0 spiro atoms. The van der Waals surface area contributed by atoms with E-state index in [1.165, 1.54) is 11.3 Å². The summed E-state index contributed by atoms with van der Waals surface area (Å²) in [6, 6.07) is 14.4. The number of amides is 3. The zero-order chi connectivity index (χ0) is 27.1. The molecule has 0 bridgehead atoms. The number of nitrogens with zero attached hydrogens (tertiary/aromatic N) is 2. The van der Waals surface area contributed by atoms with Gasteiger partial charge in [0, 0.05) is 30.0 Å². The lowest BCUT2D eigenvalue weighted by Crippen LogP contribution is -2.42. The number of methoxy groups -OCH3 is 1. The summed E-state index contributed by atoms with van der Waals surface area (Å²) in [6.45, 7) is 5.17. The van der Waals surface area contributed by atoms with Crippen LogP contribution in [0.5, 0.6) is 11.5 Å². The lowest BCUT2D eigenvalue weighted by Gasteiger charge is -2.31. The Morgan fingerprint density at radius 3 is 2.47 bits per heavy atom. The Morgan fingerprint density at radius 1 is 1.05 bits per heavy atom. The number of aromatic nitrogens is 1. The number of ether oxygens (including phenoxy) is 2. The quantitative estimate of drug-likeness (QED) is 0.422. The highest BCUT2D eigenvalue weighted by atomic mass is 32.1. The molecule has 9 nitrogen and oxygen atoms in total. The molecule has 1 aromatic heterocycles. The van der Waals surface area contributed by atoms with Gasteiger partial charge in [0.15, 0.2) is 0 Å². The van der Waals surface area contributed by atoms with E-state index in [4.69, 9.17) is 9.47 Å². The van der Waals surface area contributed by atoms with Gasteiger partial charge in [0.1, 0.15) is 17.2 Å². The van der Waals surface area contributed by atoms with Crippen LogP contribution in [0.2, 0.25) is 0 Å². The number of carbonyl (C=O) groups excluding carboxylic acids is 3. The van der Waals surface area contributed by atoms with Gasteiger partial charge in [-0.1, -0.05) is 12.1 Å². The summed E-state index contributed by atoms with van der Waals surface area (Å²) < 4.78 is 10.8. The van der Waals surface area contributed by atoms with E-state index in [0.717, 1.165) is 29.2 Å². The predicted octanol–water partition coefficient (Wildman–Crippen LogP) is 3.96. The van der Waals surface area contributed by atoms with Crippen LogP contribution >= 0.6 is 11.3 Å². The van der Waals surface area contributed by atoms with E-state index in [9.17, 15) is 14.4 Å². The van der Waals surface area contributed by atoms with Crippen molar-refractivity contribution in [3.8, 4) is 11.5 Å². The minimum Gasteiger partial charge on any atom is -0.497 e. The second-order valence-corrected chi connectivity index (χ2v) is 10.2. The van der Waals surface area contributed by atoms with Crippen molar-refractivity contribution in [2.75, 3.05) is 20.2 Å². The number of likely N-dealkylation sites (tertiary alicyclic amines) is 1. The highest BCUT2D eigenvalue weighted by Crippen LogP contribution is 2.31. The Hall–Kier alpha value is -3.92. The van der Waals surface area contributed by atoms with E-state index in [1.54, 1.807) is 42.8 Å². The van der Waals surface area contributed by atoms with Crippen LogP contribution in [-0.2, 0) is 11.2 Å². The predicted molar refractivity (Wildman–Crippen MR) is 145 cm³/mol. The topological polar surface area (TPSA) is 110 Å². The number of hydrazine groups is 1. The molecule has 2 N–H and O–H groups in total. The summed E-state index contributed by atoms with van der Waals surface area (Å²) in [5, 5.41) is 2.55. The maximum absolute atomic E-state index is 12.9. The second-order valence-electron chi connectivity index (χ2n) is 9.36. The van der Waals surface area contributed by atoms with E-state index in [0.29, 0.717) is 24.4 Å². The normalized spacial score (nSPS) is 13.7. The number of carbonyl (C=O) groups is 3. The van der Waals surface area contributed by atoms with E-state index in [-0.39, 0.29) is 36.0 Å². The molecule has 0 saturated carbocycles. The Morgan fingerprint density at radius 2 is 1.79 bits per heavy atom. The van der Waals surface area contributed by atoms with Gasteiger partial charge in [-0.2, -0.15) is 0 Å². The molecule has 4 rings (SSSR count). The number of rotatable bonds is 8. The third-order valence-corrected chi connectivity index (χ3v) is 7.18. The number of benzene rings is 2. The average molecular weight is 537 g/mol. The molecule has 1 aliphatic rings. The van der Waals surface area contributed by atoms with E-state index >= 15 is 0 Å². The maximum Gasteiger partial charge on any atom is 0.289 e. The van der Waals surface area contributed by atoms with Crippen LogP contribution in [0.4, 0.5) is 0 Å². The number of thiazole rings is 1. The molecule has 1 aliphatic heterocycles. The fraction of sp³-hybridized carbons (Fsp3) is 0.357. The zero-order valence-electron chi connectivity index (χ0n) is 21.7. The lowest BCUT2D eigenvalue weighted by molar-refractivity contribution is -0.121. The highest BCUT2D eigenvalue weighted by molar-refractivity contribution is 7.09. The van der Waals surface area contributed by atoms with Crippen molar-refractivity contribution in [3.63, 3.8) is 0 Å². The number of hydrogen-bond donors (Lipinski definition) is 2. The van der Waals surface area contributed by atoms with Crippen molar-refractivity contribution < 1.29 is 23.9 Å². The molecule has 2 heterocycles. The van der Waals surface area contributed by atoms with E-state index in [2.05, 4.69) is 15.8 Å². The van der Waals surface area contributed by atoms with Gasteiger partial charge in [0.25, 0.3) is 11.8 Å². The second kappa shape index (κ2) is 12.6. The van der Waals surface area contributed by atoms with Crippen molar-refractivity contribution in [1.29, 1.82) is 0 Å². The van der Waals surface area contributed by atoms with Crippen LogP contribution in [0, 0.1) is 0 Å². The highest BCUT2D eigenvalue weighted by Gasteiger charge is 2.27. The fourth-order valence-electron chi connectivity index (χ4n) is 4.24. The third kappa shape index (κ3) is 7.10. The van der Waals surface area contributed by atoms with Gasteiger partial charge in [-0.3, -0.25) is 25.2 Å². The van der Waals surface area contributed by atoms with Gasteiger partial charge in [0.05, 0.1) is 24.6 Å². The van der Waals surface area contributed by atoms with E-state index < -0.39 is 5.91 Å². The Kier molecular flexibility index (Phi) is 8.96. The number of nitrogens with one attached hydrogen (secondary N) is 2. The first-order valence-electron chi connectivity index (χ1n) is 12.6. The fourth-order valence-corrected chi connectivity index (χ4v) is 5.21. The largest absolute Gasteiger partial charge is 0.497 e. The van der Waals surface area contributed by atoms with Crippen LogP contribution in [0.25, 0.3) is 0 Å². The van der Waals surface area contributed by atoms with E-state index in [1.807, 2.05) is 36.9 Å². The first-order chi connectivity index (χ1) is 18.3. The molecule has 38 heavy (non-hydrogen) atoms. The SMILES string of the molecule is COc1cccc(CC(=O)NNC(=O)c2csc(C3CCN(C(=O)c4ccc(OC(C)C)cc4)CC3)n2)c1. The van der Waals surface area contributed by atoms with Crippen molar-refractivity contribution in [1.82, 2.24) is 20.7 Å². The molecule has 0 unspecified atom stereocenters. The summed E-state index contributed by atoms with van der Waals surface area (Å²) in [6.07, 6.45) is 1.72. The molecule has 0 aliphatic carbocycles. The molecule has 3 aromatic rings. The van der Waals surface area contributed by atoms with Crippen LogP contribution < -0.4 is 20.3 Å². The van der Waals surface area contributed by atoms with Crippen LogP contribution in [0.1, 0.15) is 64.0 Å². The molecule has 1 fully saturated rings. The van der Waals surface area contributed by atoms with Crippen molar-refractivity contribution in [2.45, 2.75) is 45.1 Å². The summed E-state index contributed by atoms with van der Waals surface area (Å²) >= 11 is 1.42. The minimum atomic E-state index is -0.469. The molecule has 2 aromatic carbocycles. The summed E-state index contributed by atoms with van der Waals surface area (Å²) in [5.41, 5.74) is 6.54. The Labute approximate surface area is 226 Å². The Bertz CT molecular complexity index is 1270. The van der Waals surface area contributed by atoms with Crippen molar-refractivity contribution >= 4 is 29.1 Å². The van der Waals surface area contributed by atoms with Gasteiger partial charge in [-0.15, -0.1) is 11.3 Å². The smallest absolute Gasteiger partial charge is 0.289 e. The van der Waals surface area contributed by atoms with Crippen LogP contribution in [-0.4, -0.2) is 53.9 Å². The molecule has 200 valence electrons. The third-order valence-electron chi connectivity index (χ3n) is 6.17. The molecular weight excluding hydrogens is 504 g/mol. The van der Waals surface area contributed by atoms with Gasteiger partial charge in [0.2, 0.25) is 5.91 Å². The lowest BCUT2D eigenvalue weighted by atomic mass is 9.97. The molecule has 1 saturated heterocycles. The zero-order valence-corrected chi connectivity index (χ0v) is 22.5. The molecule has 3 amide bonds. The summed E-state index contributed by atoms with van der Waals surface area (Å²) in [5.74, 6) is 0.773. The number of piperidine rings is 1. The summed E-state index contributed by atoms with van der Waals surface area (Å²) in [4.78, 5) is 44.0. The molecular formula is C28H32N4O5S. The maximum atomic E-state index is 12.9. The van der Waals surface area contributed by atoms with Crippen LogP contribution in [0.15, 0.2) is 53.9 Å². The first kappa shape index (κ1) is 27.1. The standard InChI is InChI=1S/C28H32N4O5S/c1-18(2)37-22-9-7-21(8-10-22)28(35)32-13-11-20(12-14-32)27-29-24(17-38-27)26(34)31-30-25(33)16-19-5-4-6-23(15-19)36-3/h4-10,15,17-18,20H,11-14,16H2,1-3H3,(H,30,33)(H,31,34). The first-order valence-corrected chi connectivity index (χ1v) is 13.4. The molecule has 10 heteroatoms. The monoisotopic (exact) mass is 536 g/mol. The minimum absolute atomic E-state index is 0.00319. The summed E-state index contributed by atoms with van der Waals surface area (Å²) in [7, 11) is 1.56. The molecule has 0 radical (unpaired) electrons. The Balaban J connectivity index is 1.24. The van der Waals surface area contributed by atoms with Gasteiger partial charge < -0.3 is 14.4 Å². The van der Waals surface area contributed by atoms with Crippen LogP contribution in [0.3, 0.4) is 0 Å². The average Bonchev–Trinajstić information content (AvgIpc) is 3.42. The van der Waals surface area contributed by atoms with Gasteiger partial charge in [-0.05, 0) is 68.7 Å².